The van der Waals surface area contributed by atoms with Gasteiger partial charge in [-0.05, 0) is 47.5 Å². The quantitative estimate of drug-likeness (QED) is 0.468. The molecule has 0 aliphatic rings. The maximum absolute atomic E-state index is 13.2. The van der Waals surface area contributed by atoms with Crippen molar-refractivity contribution in [3.05, 3.63) is 94.8 Å². The Morgan fingerprint density at radius 1 is 1.00 bits per heavy atom. The van der Waals surface area contributed by atoms with Crippen molar-refractivity contribution >= 4 is 23.5 Å². The van der Waals surface area contributed by atoms with Crippen molar-refractivity contribution in [2.75, 3.05) is 5.43 Å². The van der Waals surface area contributed by atoms with Gasteiger partial charge in [0.1, 0.15) is 18.2 Å². The average Bonchev–Trinajstić information content (AvgIpc) is 2.64. The molecule has 0 aromatic heterocycles. The van der Waals surface area contributed by atoms with Crippen LogP contribution in [-0.4, -0.2) is 6.21 Å². The van der Waals surface area contributed by atoms with Gasteiger partial charge >= 0.3 is 0 Å². The second-order valence-corrected chi connectivity index (χ2v) is 5.75. The average molecular weight is 355 g/mol. The van der Waals surface area contributed by atoms with Gasteiger partial charge in [0.05, 0.1) is 16.9 Å². The van der Waals surface area contributed by atoms with Gasteiger partial charge in [0.25, 0.3) is 0 Å². The van der Waals surface area contributed by atoms with Crippen LogP contribution in [-0.2, 0) is 6.61 Å². The third-order valence-corrected chi connectivity index (χ3v) is 3.72. The molecule has 0 fully saturated rings. The van der Waals surface area contributed by atoms with Gasteiger partial charge in [-0.15, -0.1) is 0 Å². The van der Waals surface area contributed by atoms with E-state index in [9.17, 15) is 4.39 Å². The molecule has 0 amide bonds. The third-order valence-electron chi connectivity index (χ3n) is 3.43. The number of hydrogen-bond acceptors (Lipinski definition) is 3. The minimum atomic E-state index is -0.436. The van der Waals surface area contributed by atoms with Crippen LogP contribution in [0.5, 0.6) is 5.75 Å². The monoisotopic (exact) mass is 354 g/mol. The van der Waals surface area contributed by atoms with Crippen molar-refractivity contribution in [3.63, 3.8) is 0 Å². The van der Waals surface area contributed by atoms with Gasteiger partial charge in [-0.2, -0.15) is 5.10 Å². The normalized spacial score (nSPS) is 10.8. The van der Waals surface area contributed by atoms with Crippen molar-refractivity contribution in [2.24, 2.45) is 5.10 Å². The van der Waals surface area contributed by atoms with E-state index in [1.54, 1.807) is 18.3 Å². The van der Waals surface area contributed by atoms with Crippen LogP contribution in [0.25, 0.3) is 0 Å². The van der Waals surface area contributed by atoms with Crippen molar-refractivity contribution in [1.82, 2.24) is 0 Å². The number of halogens is 2. The molecule has 3 aromatic rings. The minimum Gasteiger partial charge on any atom is -0.489 e. The number of nitrogens with zero attached hydrogens (tertiary/aromatic N) is 1. The van der Waals surface area contributed by atoms with E-state index in [1.807, 2.05) is 54.6 Å². The topological polar surface area (TPSA) is 33.6 Å². The highest BCUT2D eigenvalue weighted by Crippen LogP contribution is 2.19. The molecular weight excluding hydrogens is 339 g/mol. The van der Waals surface area contributed by atoms with Crippen LogP contribution < -0.4 is 10.2 Å². The van der Waals surface area contributed by atoms with Crippen molar-refractivity contribution < 1.29 is 9.13 Å². The Labute approximate surface area is 150 Å². The lowest BCUT2D eigenvalue weighted by atomic mass is 10.2. The molecule has 25 heavy (non-hydrogen) atoms. The number of benzene rings is 3. The van der Waals surface area contributed by atoms with Crippen molar-refractivity contribution in [3.8, 4) is 5.75 Å². The lowest BCUT2D eigenvalue weighted by molar-refractivity contribution is 0.306. The minimum absolute atomic E-state index is 0.0916. The lowest BCUT2D eigenvalue weighted by Gasteiger charge is -2.07. The highest BCUT2D eigenvalue weighted by Gasteiger charge is 2.02. The zero-order valence-corrected chi connectivity index (χ0v) is 14.1. The first-order chi connectivity index (χ1) is 12.2. The Balaban J connectivity index is 1.60. The number of anilines is 1. The summed E-state index contributed by atoms with van der Waals surface area (Å²) in [6.45, 7) is 0.308. The summed E-state index contributed by atoms with van der Waals surface area (Å²) in [6, 6.07) is 21.8. The van der Waals surface area contributed by atoms with E-state index in [0.29, 0.717) is 12.4 Å². The van der Waals surface area contributed by atoms with Crippen molar-refractivity contribution in [1.29, 1.82) is 0 Å². The fourth-order valence-electron chi connectivity index (χ4n) is 2.17. The van der Waals surface area contributed by atoms with E-state index in [4.69, 9.17) is 16.3 Å². The maximum atomic E-state index is 13.2. The second kappa shape index (κ2) is 8.31. The van der Waals surface area contributed by atoms with Crippen molar-refractivity contribution in [2.45, 2.75) is 6.61 Å². The molecule has 0 aliphatic heterocycles. The first-order valence-electron chi connectivity index (χ1n) is 7.71. The summed E-state index contributed by atoms with van der Waals surface area (Å²) >= 11 is 5.77. The van der Waals surface area contributed by atoms with E-state index >= 15 is 0 Å². The molecule has 0 bridgehead atoms. The Kier molecular flexibility index (Phi) is 5.65. The molecule has 5 heteroatoms. The van der Waals surface area contributed by atoms with Gasteiger partial charge in [-0.25, -0.2) is 4.39 Å². The van der Waals surface area contributed by atoms with E-state index in [0.717, 1.165) is 16.8 Å². The fraction of sp³-hybridized carbons (Fsp3) is 0.0500. The van der Waals surface area contributed by atoms with Crippen LogP contribution >= 0.6 is 11.6 Å². The van der Waals surface area contributed by atoms with Crippen LogP contribution in [0.3, 0.4) is 0 Å². The van der Waals surface area contributed by atoms with Crippen LogP contribution in [0.4, 0.5) is 10.1 Å². The first kappa shape index (κ1) is 17.0. The van der Waals surface area contributed by atoms with E-state index in [-0.39, 0.29) is 5.02 Å². The predicted molar refractivity (Wildman–Crippen MR) is 99.8 cm³/mol. The fourth-order valence-corrected chi connectivity index (χ4v) is 2.38. The number of ether oxygens (including phenoxy) is 1. The zero-order chi connectivity index (χ0) is 17.5. The summed E-state index contributed by atoms with van der Waals surface area (Å²) in [5.74, 6) is 0.263. The Bertz CT molecular complexity index is 869. The molecule has 1 N–H and O–H groups in total. The molecule has 0 saturated carbocycles. The molecule has 0 atom stereocenters. The van der Waals surface area contributed by atoms with Crippen LogP contribution in [0.15, 0.2) is 77.9 Å². The van der Waals surface area contributed by atoms with Crippen LogP contribution in [0.1, 0.15) is 11.1 Å². The molecule has 0 saturated heterocycles. The van der Waals surface area contributed by atoms with Crippen LogP contribution in [0.2, 0.25) is 5.02 Å². The number of hydrogen-bond donors (Lipinski definition) is 1. The molecule has 3 aromatic carbocycles. The Hall–Kier alpha value is -2.85. The second-order valence-electron chi connectivity index (χ2n) is 5.35. The number of hydrazone groups is 1. The summed E-state index contributed by atoms with van der Waals surface area (Å²) in [6.07, 6.45) is 1.72. The zero-order valence-electron chi connectivity index (χ0n) is 13.3. The van der Waals surface area contributed by atoms with Gasteiger partial charge in [-0.3, -0.25) is 5.43 Å². The molecule has 0 spiro atoms. The molecule has 3 rings (SSSR count). The molecular formula is C20H16ClFN2O. The standard InChI is InChI=1S/C20H16ClFN2O/c21-19-12-16(9-10-20(19)22)14-25-18-8-4-5-15(11-18)13-23-24-17-6-2-1-3-7-17/h1-13,24H,14H2. The molecule has 126 valence electrons. The first-order valence-corrected chi connectivity index (χ1v) is 8.09. The largest absolute Gasteiger partial charge is 0.489 e. The summed E-state index contributed by atoms with van der Waals surface area (Å²) in [5.41, 5.74) is 5.58. The highest BCUT2D eigenvalue weighted by atomic mass is 35.5. The lowest BCUT2D eigenvalue weighted by Crippen LogP contribution is -1.97. The highest BCUT2D eigenvalue weighted by molar-refractivity contribution is 6.30. The predicted octanol–water partition coefficient (Wildman–Crippen LogP) is 5.50. The van der Waals surface area contributed by atoms with Gasteiger partial charge in [0, 0.05) is 0 Å². The molecule has 3 nitrogen and oxygen atoms in total. The Morgan fingerprint density at radius 2 is 1.84 bits per heavy atom. The molecule has 0 aliphatic carbocycles. The SMILES string of the molecule is Fc1ccc(COc2cccc(C=NNc3ccccc3)c2)cc1Cl. The van der Waals surface area contributed by atoms with E-state index < -0.39 is 5.82 Å². The van der Waals surface area contributed by atoms with Crippen LogP contribution in [0, 0.1) is 5.82 Å². The van der Waals surface area contributed by atoms with Gasteiger partial charge in [0.2, 0.25) is 0 Å². The van der Waals surface area contributed by atoms with Gasteiger partial charge < -0.3 is 4.74 Å². The van der Waals surface area contributed by atoms with Gasteiger partial charge in [0.15, 0.2) is 0 Å². The third kappa shape index (κ3) is 5.06. The summed E-state index contributed by atoms with van der Waals surface area (Å²) in [5, 5.41) is 4.29. The number of nitrogens with one attached hydrogen (secondary N) is 1. The Morgan fingerprint density at radius 3 is 2.64 bits per heavy atom. The molecule has 0 radical (unpaired) electrons. The molecule has 0 unspecified atom stereocenters. The van der Waals surface area contributed by atoms with E-state index in [1.165, 1.54) is 6.07 Å². The summed E-state index contributed by atoms with van der Waals surface area (Å²) < 4.78 is 18.9. The maximum Gasteiger partial charge on any atom is 0.141 e. The number of rotatable bonds is 6. The van der Waals surface area contributed by atoms with Gasteiger partial charge in [-0.1, -0.05) is 48.0 Å². The summed E-state index contributed by atoms with van der Waals surface area (Å²) in [7, 11) is 0. The smallest absolute Gasteiger partial charge is 0.141 e. The number of para-hydroxylation sites is 1. The summed E-state index contributed by atoms with van der Waals surface area (Å²) in [4.78, 5) is 0. The molecule has 0 heterocycles. The van der Waals surface area contributed by atoms with E-state index in [2.05, 4.69) is 10.5 Å².